The van der Waals surface area contributed by atoms with E-state index in [0.29, 0.717) is 0 Å². The zero-order valence-corrected chi connectivity index (χ0v) is 18.0. The third-order valence-electron chi connectivity index (χ3n) is 5.52. The summed E-state index contributed by atoms with van der Waals surface area (Å²) >= 11 is 1.69. The standard InChI is InChI=1S/C22H27N5OS/c1-4-16-5-6-18(23-9-16)12-27-8-7-19-20(14-29-21(19)13-27)22(28)25-15(2)17-10-24-26(3)11-17/h5-6,9-11,14-15H,4,7-8,12-13H2,1-3H3,(H,25,28)/t15-/m1/s1. The van der Waals surface area contributed by atoms with E-state index < -0.39 is 0 Å². The molecule has 0 saturated carbocycles. The van der Waals surface area contributed by atoms with Crippen molar-refractivity contribution in [3.05, 3.63) is 68.9 Å². The van der Waals surface area contributed by atoms with Gasteiger partial charge in [-0.25, -0.2) is 0 Å². The number of carbonyl (C=O) groups excluding carboxylic acids is 1. The van der Waals surface area contributed by atoms with Crippen LogP contribution < -0.4 is 5.32 Å². The molecule has 1 aliphatic heterocycles. The number of rotatable bonds is 6. The fraction of sp³-hybridized carbons (Fsp3) is 0.409. The molecule has 0 bridgehead atoms. The van der Waals surface area contributed by atoms with Crippen molar-refractivity contribution >= 4 is 17.2 Å². The number of hydrogen-bond acceptors (Lipinski definition) is 5. The highest BCUT2D eigenvalue weighted by molar-refractivity contribution is 7.10. The zero-order valence-electron chi connectivity index (χ0n) is 17.2. The summed E-state index contributed by atoms with van der Waals surface area (Å²) in [6.45, 7) is 6.81. The molecule has 0 radical (unpaired) electrons. The fourth-order valence-electron chi connectivity index (χ4n) is 3.72. The van der Waals surface area contributed by atoms with Crippen molar-refractivity contribution in [1.82, 2.24) is 25.0 Å². The third kappa shape index (κ3) is 4.41. The van der Waals surface area contributed by atoms with Crippen LogP contribution in [0.5, 0.6) is 0 Å². The van der Waals surface area contributed by atoms with Crippen molar-refractivity contribution in [2.24, 2.45) is 7.05 Å². The second-order valence-electron chi connectivity index (χ2n) is 7.67. The smallest absolute Gasteiger partial charge is 0.252 e. The van der Waals surface area contributed by atoms with Crippen LogP contribution >= 0.6 is 11.3 Å². The summed E-state index contributed by atoms with van der Waals surface area (Å²) in [5.41, 5.74) is 5.41. The Labute approximate surface area is 175 Å². The fourth-order valence-corrected chi connectivity index (χ4v) is 4.84. The molecule has 4 rings (SSSR count). The maximum absolute atomic E-state index is 12.8. The number of pyridine rings is 1. The number of hydrogen-bond donors (Lipinski definition) is 1. The molecule has 0 fully saturated rings. The van der Waals surface area contributed by atoms with Gasteiger partial charge in [0.15, 0.2) is 0 Å². The van der Waals surface area contributed by atoms with E-state index in [-0.39, 0.29) is 11.9 Å². The van der Waals surface area contributed by atoms with Crippen molar-refractivity contribution in [1.29, 1.82) is 0 Å². The van der Waals surface area contributed by atoms with Crippen LogP contribution in [-0.2, 0) is 33.0 Å². The zero-order chi connectivity index (χ0) is 20.4. The molecule has 0 aromatic carbocycles. The molecule has 1 amide bonds. The minimum Gasteiger partial charge on any atom is -0.345 e. The number of amides is 1. The monoisotopic (exact) mass is 409 g/mol. The Hall–Kier alpha value is -2.51. The van der Waals surface area contributed by atoms with Crippen LogP contribution in [0.1, 0.15) is 57.5 Å². The van der Waals surface area contributed by atoms with Crippen molar-refractivity contribution in [2.45, 2.75) is 45.8 Å². The minimum atomic E-state index is -0.0657. The maximum Gasteiger partial charge on any atom is 0.252 e. The van der Waals surface area contributed by atoms with Crippen LogP contribution in [-0.4, -0.2) is 32.1 Å². The average molecular weight is 410 g/mol. The van der Waals surface area contributed by atoms with Gasteiger partial charge in [-0.1, -0.05) is 13.0 Å². The Kier molecular flexibility index (Phi) is 5.78. The Balaban J connectivity index is 1.40. The van der Waals surface area contributed by atoms with E-state index in [9.17, 15) is 4.79 Å². The first kappa shape index (κ1) is 19.8. The number of nitrogens with zero attached hydrogens (tertiary/aromatic N) is 4. The van der Waals surface area contributed by atoms with Gasteiger partial charge in [0.2, 0.25) is 0 Å². The Morgan fingerprint density at radius 2 is 2.21 bits per heavy atom. The lowest BCUT2D eigenvalue weighted by Gasteiger charge is -2.27. The van der Waals surface area contributed by atoms with Crippen molar-refractivity contribution in [3.8, 4) is 0 Å². The minimum absolute atomic E-state index is 0.00382. The molecule has 3 aromatic rings. The summed E-state index contributed by atoms with van der Waals surface area (Å²) in [7, 11) is 1.88. The SMILES string of the molecule is CCc1ccc(CN2CCc3c(C(=O)N[C@H](C)c4cnn(C)c4)csc3C2)nc1. The summed E-state index contributed by atoms with van der Waals surface area (Å²) < 4.78 is 1.75. The lowest BCUT2D eigenvalue weighted by atomic mass is 10.0. The van der Waals surface area contributed by atoms with Gasteiger partial charge in [0.05, 0.1) is 23.5 Å². The molecular formula is C22H27N5OS. The Morgan fingerprint density at radius 3 is 2.90 bits per heavy atom. The van der Waals surface area contributed by atoms with E-state index in [0.717, 1.165) is 49.3 Å². The third-order valence-corrected chi connectivity index (χ3v) is 6.54. The number of thiophene rings is 1. The number of aryl methyl sites for hydroxylation is 2. The van der Waals surface area contributed by atoms with E-state index in [1.54, 1.807) is 22.2 Å². The number of aromatic nitrogens is 3. The molecule has 0 aliphatic carbocycles. The first-order valence-electron chi connectivity index (χ1n) is 10.1. The molecule has 7 heteroatoms. The molecule has 6 nitrogen and oxygen atoms in total. The van der Waals surface area contributed by atoms with Crippen molar-refractivity contribution in [2.75, 3.05) is 6.54 Å². The number of carbonyl (C=O) groups is 1. The van der Waals surface area contributed by atoms with Gasteiger partial charge in [0.25, 0.3) is 5.91 Å². The van der Waals surface area contributed by atoms with Crippen molar-refractivity contribution < 1.29 is 4.79 Å². The van der Waals surface area contributed by atoms with E-state index in [1.807, 2.05) is 31.7 Å². The lowest BCUT2D eigenvalue weighted by Crippen LogP contribution is -2.32. The summed E-state index contributed by atoms with van der Waals surface area (Å²) in [4.78, 5) is 21.1. The average Bonchev–Trinajstić information content (AvgIpc) is 3.34. The molecule has 3 aromatic heterocycles. The summed E-state index contributed by atoms with van der Waals surface area (Å²) in [6, 6.07) is 4.22. The Morgan fingerprint density at radius 1 is 1.34 bits per heavy atom. The molecule has 1 atom stereocenters. The summed E-state index contributed by atoms with van der Waals surface area (Å²) in [5, 5.41) is 9.31. The van der Waals surface area contributed by atoms with Gasteiger partial charge in [-0.05, 0) is 37.0 Å². The number of fused-ring (bicyclic) bond motifs is 1. The highest BCUT2D eigenvalue weighted by Gasteiger charge is 2.25. The lowest BCUT2D eigenvalue weighted by molar-refractivity contribution is 0.0938. The van der Waals surface area contributed by atoms with Gasteiger partial charge in [0.1, 0.15) is 0 Å². The molecule has 1 N–H and O–H groups in total. The number of nitrogens with one attached hydrogen (secondary N) is 1. The molecular weight excluding hydrogens is 382 g/mol. The quantitative estimate of drug-likeness (QED) is 0.677. The largest absolute Gasteiger partial charge is 0.345 e. The second kappa shape index (κ2) is 8.47. The van der Waals surface area contributed by atoms with Gasteiger partial charge >= 0.3 is 0 Å². The summed E-state index contributed by atoms with van der Waals surface area (Å²) in [6.07, 6.45) is 7.62. The molecule has 4 heterocycles. The van der Waals surface area contributed by atoms with Crippen LogP contribution in [0.15, 0.2) is 36.1 Å². The highest BCUT2D eigenvalue weighted by Crippen LogP contribution is 2.29. The molecule has 29 heavy (non-hydrogen) atoms. The highest BCUT2D eigenvalue weighted by atomic mass is 32.1. The van der Waals surface area contributed by atoms with Crippen molar-refractivity contribution in [3.63, 3.8) is 0 Å². The van der Waals surface area contributed by atoms with Crippen LogP contribution in [0.2, 0.25) is 0 Å². The first-order valence-corrected chi connectivity index (χ1v) is 11.0. The van der Waals surface area contributed by atoms with E-state index in [2.05, 4.69) is 39.4 Å². The van der Waals surface area contributed by atoms with Gasteiger partial charge in [0, 0.05) is 54.9 Å². The molecule has 0 saturated heterocycles. The predicted molar refractivity (Wildman–Crippen MR) is 115 cm³/mol. The van der Waals surface area contributed by atoms with Gasteiger partial charge < -0.3 is 5.32 Å². The Bertz CT molecular complexity index is 991. The molecule has 0 spiro atoms. The molecule has 0 unspecified atom stereocenters. The second-order valence-corrected chi connectivity index (χ2v) is 8.63. The normalized spacial score (nSPS) is 15.1. The molecule has 1 aliphatic rings. The maximum atomic E-state index is 12.8. The van der Waals surface area contributed by atoms with E-state index >= 15 is 0 Å². The van der Waals surface area contributed by atoms with Crippen LogP contribution in [0.3, 0.4) is 0 Å². The van der Waals surface area contributed by atoms with Crippen LogP contribution in [0, 0.1) is 0 Å². The van der Waals surface area contributed by atoms with E-state index in [4.69, 9.17) is 0 Å². The topological polar surface area (TPSA) is 63.1 Å². The molecule has 152 valence electrons. The van der Waals surface area contributed by atoms with Gasteiger partial charge in [-0.3, -0.25) is 19.4 Å². The van der Waals surface area contributed by atoms with Crippen LogP contribution in [0.25, 0.3) is 0 Å². The van der Waals surface area contributed by atoms with E-state index in [1.165, 1.54) is 16.0 Å². The van der Waals surface area contributed by atoms with Crippen LogP contribution in [0.4, 0.5) is 0 Å². The summed E-state index contributed by atoms with van der Waals surface area (Å²) in [5.74, 6) is 0.00382. The predicted octanol–water partition coefficient (Wildman–Crippen LogP) is 3.49. The first-order chi connectivity index (χ1) is 14.0. The van der Waals surface area contributed by atoms with Gasteiger partial charge in [-0.2, -0.15) is 5.10 Å². The van der Waals surface area contributed by atoms with Gasteiger partial charge in [-0.15, -0.1) is 11.3 Å².